The van der Waals surface area contributed by atoms with Crippen molar-refractivity contribution in [3.8, 4) is 0 Å². The summed E-state index contributed by atoms with van der Waals surface area (Å²) in [5, 5.41) is 0. The van der Waals surface area contributed by atoms with Crippen molar-refractivity contribution in [2.45, 2.75) is 0 Å². The average Bonchev–Trinajstić information content (AvgIpc) is 2.87. The van der Waals surface area contributed by atoms with E-state index in [1.165, 1.54) is 0 Å². The molecule has 0 aliphatic carbocycles. The molecule has 0 aromatic heterocycles. The summed E-state index contributed by atoms with van der Waals surface area (Å²) < 4.78 is 2.07. The Balaban J connectivity index is 1.76. The van der Waals surface area contributed by atoms with Crippen LogP contribution in [0, 0.1) is 0 Å². The van der Waals surface area contributed by atoms with Gasteiger partial charge in [-0.2, -0.15) is 0 Å². The molecule has 0 bridgehead atoms. The minimum atomic E-state index is 1.03. The highest BCUT2D eigenvalue weighted by Gasteiger charge is 2.21. The van der Waals surface area contributed by atoms with Crippen molar-refractivity contribution >= 4 is 66.0 Å². The fourth-order valence-corrected chi connectivity index (χ4v) is 4.86. The number of para-hydroxylation sites is 4. The van der Waals surface area contributed by atoms with Crippen LogP contribution in [-0.4, -0.2) is 0 Å². The summed E-state index contributed by atoms with van der Waals surface area (Å²) in [5.41, 5.74) is 6.50. The Hall–Kier alpha value is -3.34. The second-order valence-corrected chi connectivity index (χ2v) is 9.62. The zero-order chi connectivity index (χ0) is 23.3. The summed E-state index contributed by atoms with van der Waals surface area (Å²) in [4.78, 5) is 4.60. The van der Waals surface area contributed by atoms with Crippen LogP contribution in [0.4, 0.5) is 34.1 Å². The minimum absolute atomic E-state index is 1.03. The maximum atomic E-state index is 3.66. The van der Waals surface area contributed by atoms with Crippen LogP contribution in [0.5, 0.6) is 0 Å². The Bertz CT molecular complexity index is 1300. The van der Waals surface area contributed by atoms with E-state index in [9.17, 15) is 0 Å². The van der Waals surface area contributed by atoms with Gasteiger partial charge in [0.25, 0.3) is 0 Å². The fraction of sp³-hybridized carbons (Fsp3) is 0. The van der Waals surface area contributed by atoms with Gasteiger partial charge in [-0.25, -0.2) is 0 Å². The van der Waals surface area contributed by atoms with Gasteiger partial charge in [-0.15, -0.1) is 0 Å². The van der Waals surface area contributed by atoms with Crippen molar-refractivity contribution in [3.05, 3.63) is 142 Å². The Kier molecular flexibility index (Phi) is 6.79. The second-order valence-electron chi connectivity index (χ2n) is 7.79. The lowest BCUT2D eigenvalue weighted by molar-refractivity contribution is 1.22. The van der Waals surface area contributed by atoms with Crippen LogP contribution < -0.4 is 9.80 Å². The van der Waals surface area contributed by atoms with E-state index in [0.29, 0.717) is 0 Å². The maximum absolute atomic E-state index is 3.66. The van der Waals surface area contributed by atoms with Crippen molar-refractivity contribution in [2.75, 3.05) is 9.80 Å². The topological polar surface area (TPSA) is 6.48 Å². The number of rotatable bonds is 6. The molecule has 0 spiro atoms. The molecule has 5 aromatic carbocycles. The zero-order valence-electron chi connectivity index (χ0n) is 18.4. The van der Waals surface area contributed by atoms with Crippen LogP contribution in [0.15, 0.2) is 142 Å². The van der Waals surface area contributed by atoms with Gasteiger partial charge >= 0.3 is 0 Å². The predicted molar refractivity (Wildman–Crippen MR) is 151 cm³/mol. The van der Waals surface area contributed by atoms with Crippen LogP contribution in [-0.2, 0) is 0 Å². The van der Waals surface area contributed by atoms with E-state index in [2.05, 4.69) is 163 Å². The van der Waals surface area contributed by atoms with E-state index in [0.717, 1.165) is 43.1 Å². The van der Waals surface area contributed by atoms with E-state index < -0.39 is 0 Å². The number of halogens is 2. The van der Waals surface area contributed by atoms with E-state index in [-0.39, 0.29) is 0 Å². The van der Waals surface area contributed by atoms with Crippen molar-refractivity contribution in [1.29, 1.82) is 0 Å². The Morgan fingerprint density at radius 2 is 0.706 bits per heavy atom. The smallest absolute Gasteiger partial charge is 0.0702 e. The van der Waals surface area contributed by atoms with Crippen LogP contribution in [0.25, 0.3) is 0 Å². The predicted octanol–water partition coefficient (Wildman–Crippen LogP) is 10.2. The number of benzene rings is 5. The van der Waals surface area contributed by atoms with Gasteiger partial charge < -0.3 is 9.80 Å². The SMILES string of the molecule is Brc1cccc(N(c2cccc(Br)c2)c2ccccc2N(c2ccccc2)c2ccccc2)c1. The molecule has 166 valence electrons. The molecule has 5 aromatic rings. The normalized spacial score (nSPS) is 10.6. The first kappa shape index (κ1) is 22.5. The Morgan fingerprint density at radius 3 is 1.12 bits per heavy atom. The standard InChI is InChI=1S/C30H22Br2N2/c31-23-11-9-17-27(21-23)34(28-18-10-12-24(32)22-28)30-20-8-7-19-29(30)33(25-13-3-1-4-14-25)26-15-5-2-6-16-26/h1-22H. The van der Waals surface area contributed by atoms with E-state index in [1.807, 2.05) is 12.1 Å². The highest BCUT2D eigenvalue weighted by Crippen LogP contribution is 2.45. The van der Waals surface area contributed by atoms with Crippen molar-refractivity contribution in [2.24, 2.45) is 0 Å². The minimum Gasteiger partial charge on any atom is -0.308 e. The second kappa shape index (κ2) is 10.3. The third-order valence-electron chi connectivity index (χ3n) is 5.53. The molecule has 0 aliphatic rings. The monoisotopic (exact) mass is 568 g/mol. The molecular weight excluding hydrogens is 548 g/mol. The van der Waals surface area contributed by atoms with Crippen molar-refractivity contribution in [3.63, 3.8) is 0 Å². The molecule has 0 aliphatic heterocycles. The molecule has 0 saturated carbocycles. The third-order valence-corrected chi connectivity index (χ3v) is 6.51. The highest BCUT2D eigenvalue weighted by atomic mass is 79.9. The average molecular weight is 570 g/mol. The van der Waals surface area contributed by atoms with Crippen LogP contribution in [0.3, 0.4) is 0 Å². The first-order valence-electron chi connectivity index (χ1n) is 11.0. The molecule has 0 amide bonds. The van der Waals surface area contributed by atoms with Crippen molar-refractivity contribution < 1.29 is 0 Å². The Labute approximate surface area is 217 Å². The number of hydrogen-bond acceptors (Lipinski definition) is 2. The first-order chi connectivity index (χ1) is 16.7. The molecule has 0 radical (unpaired) electrons. The quantitative estimate of drug-likeness (QED) is 0.201. The summed E-state index contributed by atoms with van der Waals surface area (Å²) in [6.07, 6.45) is 0. The molecule has 0 atom stereocenters. The van der Waals surface area contributed by atoms with Crippen LogP contribution in [0.2, 0.25) is 0 Å². The van der Waals surface area contributed by atoms with E-state index >= 15 is 0 Å². The molecule has 0 unspecified atom stereocenters. The van der Waals surface area contributed by atoms with Gasteiger partial charge in [-0.3, -0.25) is 0 Å². The summed E-state index contributed by atoms with van der Waals surface area (Å²) in [5.74, 6) is 0. The molecular formula is C30H22Br2N2. The number of nitrogens with zero attached hydrogens (tertiary/aromatic N) is 2. The summed E-state index contributed by atoms with van der Waals surface area (Å²) in [6.45, 7) is 0. The number of hydrogen-bond donors (Lipinski definition) is 0. The molecule has 0 heterocycles. The maximum Gasteiger partial charge on any atom is 0.0702 e. The molecule has 0 fully saturated rings. The highest BCUT2D eigenvalue weighted by molar-refractivity contribution is 9.10. The molecule has 0 saturated heterocycles. The molecule has 0 N–H and O–H groups in total. The van der Waals surface area contributed by atoms with Crippen LogP contribution in [0.1, 0.15) is 0 Å². The molecule has 4 heteroatoms. The van der Waals surface area contributed by atoms with Gasteiger partial charge in [0.15, 0.2) is 0 Å². The Morgan fingerprint density at radius 1 is 0.353 bits per heavy atom. The van der Waals surface area contributed by atoms with Crippen molar-refractivity contribution in [1.82, 2.24) is 0 Å². The largest absolute Gasteiger partial charge is 0.308 e. The van der Waals surface area contributed by atoms with Gasteiger partial charge in [0.1, 0.15) is 0 Å². The lowest BCUT2D eigenvalue weighted by atomic mass is 10.1. The summed E-state index contributed by atoms with van der Waals surface area (Å²) in [6, 6.07) is 46.3. The van der Waals surface area contributed by atoms with Gasteiger partial charge in [-0.05, 0) is 72.8 Å². The summed E-state index contributed by atoms with van der Waals surface area (Å²) in [7, 11) is 0. The number of anilines is 6. The van der Waals surface area contributed by atoms with E-state index in [1.54, 1.807) is 0 Å². The third kappa shape index (κ3) is 4.79. The lowest BCUT2D eigenvalue weighted by Crippen LogP contribution is -2.16. The molecule has 34 heavy (non-hydrogen) atoms. The van der Waals surface area contributed by atoms with Crippen LogP contribution >= 0.6 is 31.9 Å². The van der Waals surface area contributed by atoms with E-state index in [4.69, 9.17) is 0 Å². The van der Waals surface area contributed by atoms with Gasteiger partial charge in [-0.1, -0.05) is 92.5 Å². The fourth-order valence-electron chi connectivity index (χ4n) is 4.08. The van der Waals surface area contributed by atoms with Gasteiger partial charge in [0.2, 0.25) is 0 Å². The lowest BCUT2D eigenvalue weighted by Gasteiger charge is -2.33. The van der Waals surface area contributed by atoms with Gasteiger partial charge in [0, 0.05) is 31.7 Å². The zero-order valence-corrected chi connectivity index (χ0v) is 21.5. The molecule has 5 rings (SSSR count). The first-order valence-corrected chi connectivity index (χ1v) is 12.6. The van der Waals surface area contributed by atoms with Gasteiger partial charge in [0.05, 0.1) is 11.4 Å². The summed E-state index contributed by atoms with van der Waals surface area (Å²) >= 11 is 7.33. The molecule has 2 nitrogen and oxygen atoms in total.